The van der Waals surface area contributed by atoms with Gasteiger partial charge < -0.3 is 10.2 Å². The molecule has 1 fully saturated rings. The molecule has 1 aromatic rings. The summed E-state index contributed by atoms with van der Waals surface area (Å²) in [5, 5.41) is 0. The van der Waals surface area contributed by atoms with Gasteiger partial charge in [0.15, 0.2) is 0 Å². The molecule has 1 saturated heterocycles. The molecule has 4 heteroatoms. The Balaban J connectivity index is 2.14. The molecule has 1 aromatic heterocycles. The lowest BCUT2D eigenvalue weighted by molar-refractivity contribution is 0.233. The zero-order valence-electron chi connectivity index (χ0n) is 9.44. The van der Waals surface area contributed by atoms with Gasteiger partial charge in [-0.15, -0.1) is 0 Å². The lowest BCUT2D eigenvalue weighted by atomic mass is 10.2. The maximum absolute atomic E-state index is 5.76. The fourth-order valence-electron chi connectivity index (χ4n) is 2.15. The summed E-state index contributed by atoms with van der Waals surface area (Å²) in [6.07, 6.45) is 4.06. The van der Waals surface area contributed by atoms with E-state index in [1.165, 1.54) is 6.42 Å². The molecule has 0 aromatic carbocycles. The van der Waals surface area contributed by atoms with E-state index < -0.39 is 0 Å². The van der Waals surface area contributed by atoms with Crippen LogP contribution >= 0.6 is 0 Å². The standard InChI is InChI=1S/C11H19N3O/c1-3-14-6-4-5-10(14)11-13-9(7-15-11)8(2)12/h7-8,10H,3-6,12H2,1-2H3. The third-order valence-corrected chi connectivity index (χ3v) is 3.06. The highest BCUT2D eigenvalue weighted by Crippen LogP contribution is 2.31. The van der Waals surface area contributed by atoms with E-state index >= 15 is 0 Å². The van der Waals surface area contributed by atoms with E-state index in [0.29, 0.717) is 6.04 Å². The second-order valence-electron chi connectivity index (χ2n) is 4.19. The van der Waals surface area contributed by atoms with Crippen LogP contribution in [0.1, 0.15) is 50.4 Å². The van der Waals surface area contributed by atoms with Gasteiger partial charge in [0.05, 0.1) is 11.7 Å². The van der Waals surface area contributed by atoms with Crippen LogP contribution in [-0.4, -0.2) is 23.0 Å². The molecule has 2 N–H and O–H groups in total. The van der Waals surface area contributed by atoms with Gasteiger partial charge in [-0.1, -0.05) is 6.92 Å². The zero-order valence-corrected chi connectivity index (χ0v) is 9.44. The minimum absolute atomic E-state index is 0.0426. The number of nitrogens with zero attached hydrogens (tertiary/aromatic N) is 2. The van der Waals surface area contributed by atoms with Crippen molar-refractivity contribution in [3.63, 3.8) is 0 Å². The van der Waals surface area contributed by atoms with Gasteiger partial charge >= 0.3 is 0 Å². The third-order valence-electron chi connectivity index (χ3n) is 3.06. The fraction of sp³-hybridized carbons (Fsp3) is 0.727. The average molecular weight is 209 g/mol. The minimum Gasteiger partial charge on any atom is -0.447 e. The van der Waals surface area contributed by atoms with E-state index in [9.17, 15) is 0 Å². The Morgan fingerprint density at radius 1 is 1.73 bits per heavy atom. The second-order valence-corrected chi connectivity index (χ2v) is 4.19. The van der Waals surface area contributed by atoms with Crippen LogP contribution in [0.25, 0.3) is 0 Å². The van der Waals surface area contributed by atoms with Crippen LogP contribution in [0.3, 0.4) is 0 Å². The summed E-state index contributed by atoms with van der Waals surface area (Å²) in [5.41, 5.74) is 6.61. The summed E-state index contributed by atoms with van der Waals surface area (Å²) in [6, 6.07) is 0.321. The van der Waals surface area contributed by atoms with Crippen molar-refractivity contribution < 1.29 is 4.42 Å². The summed E-state index contributed by atoms with van der Waals surface area (Å²) in [7, 11) is 0. The van der Waals surface area contributed by atoms with Crippen molar-refractivity contribution in [2.24, 2.45) is 5.73 Å². The largest absolute Gasteiger partial charge is 0.447 e. The van der Waals surface area contributed by atoms with Crippen molar-refractivity contribution in [2.75, 3.05) is 13.1 Å². The number of hydrogen-bond acceptors (Lipinski definition) is 4. The summed E-state index contributed by atoms with van der Waals surface area (Å²) in [4.78, 5) is 6.86. The van der Waals surface area contributed by atoms with Crippen LogP contribution in [0, 0.1) is 0 Å². The van der Waals surface area contributed by atoms with Gasteiger partial charge in [-0.3, -0.25) is 4.90 Å². The summed E-state index contributed by atoms with van der Waals surface area (Å²) >= 11 is 0. The molecule has 15 heavy (non-hydrogen) atoms. The van der Waals surface area contributed by atoms with Crippen molar-refractivity contribution >= 4 is 0 Å². The van der Waals surface area contributed by atoms with E-state index in [1.54, 1.807) is 6.26 Å². The van der Waals surface area contributed by atoms with Crippen molar-refractivity contribution in [3.8, 4) is 0 Å². The summed E-state index contributed by atoms with van der Waals surface area (Å²) < 4.78 is 5.51. The van der Waals surface area contributed by atoms with E-state index in [2.05, 4.69) is 16.8 Å². The maximum atomic E-state index is 5.76. The Morgan fingerprint density at radius 2 is 2.53 bits per heavy atom. The third kappa shape index (κ3) is 2.06. The molecule has 0 saturated carbocycles. The van der Waals surface area contributed by atoms with Crippen LogP contribution in [0.15, 0.2) is 10.7 Å². The summed E-state index contributed by atoms with van der Waals surface area (Å²) in [5.74, 6) is 0.835. The first-order valence-corrected chi connectivity index (χ1v) is 5.67. The highest BCUT2D eigenvalue weighted by molar-refractivity contribution is 5.05. The topological polar surface area (TPSA) is 55.3 Å². The Labute approximate surface area is 90.5 Å². The van der Waals surface area contributed by atoms with Gasteiger partial charge in [-0.05, 0) is 32.9 Å². The molecule has 4 nitrogen and oxygen atoms in total. The molecule has 0 aliphatic carbocycles. The Hall–Kier alpha value is -0.870. The van der Waals surface area contributed by atoms with Crippen molar-refractivity contribution in [1.29, 1.82) is 0 Å². The van der Waals surface area contributed by atoms with Crippen molar-refractivity contribution in [1.82, 2.24) is 9.88 Å². The lowest BCUT2D eigenvalue weighted by Gasteiger charge is -2.19. The molecular formula is C11H19N3O. The molecule has 2 heterocycles. The van der Waals surface area contributed by atoms with Crippen LogP contribution in [0.5, 0.6) is 0 Å². The van der Waals surface area contributed by atoms with E-state index in [0.717, 1.165) is 31.1 Å². The van der Waals surface area contributed by atoms with E-state index in [-0.39, 0.29) is 6.04 Å². The highest BCUT2D eigenvalue weighted by atomic mass is 16.3. The van der Waals surface area contributed by atoms with Gasteiger partial charge in [0.25, 0.3) is 0 Å². The molecule has 0 amide bonds. The van der Waals surface area contributed by atoms with Gasteiger partial charge in [-0.2, -0.15) is 0 Å². The first kappa shape index (κ1) is 10.6. The van der Waals surface area contributed by atoms with Crippen LogP contribution in [0.2, 0.25) is 0 Å². The minimum atomic E-state index is -0.0426. The summed E-state index contributed by atoms with van der Waals surface area (Å²) in [6.45, 7) is 6.30. The predicted molar refractivity (Wildman–Crippen MR) is 58.3 cm³/mol. The van der Waals surface area contributed by atoms with Crippen molar-refractivity contribution in [2.45, 2.75) is 38.8 Å². The molecular weight excluding hydrogens is 190 g/mol. The number of hydrogen-bond donors (Lipinski definition) is 1. The number of aromatic nitrogens is 1. The zero-order chi connectivity index (χ0) is 10.8. The molecule has 2 atom stereocenters. The molecule has 84 valence electrons. The monoisotopic (exact) mass is 209 g/mol. The molecule has 0 radical (unpaired) electrons. The lowest BCUT2D eigenvalue weighted by Crippen LogP contribution is -2.22. The smallest absolute Gasteiger partial charge is 0.211 e. The van der Waals surface area contributed by atoms with Gasteiger partial charge in [0.2, 0.25) is 5.89 Å². The van der Waals surface area contributed by atoms with Gasteiger partial charge in [-0.25, -0.2) is 4.98 Å². The van der Waals surface area contributed by atoms with Crippen molar-refractivity contribution in [3.05, 3.63) is 17.8 Å². The predicted octanol–water partition coefficient (Wildman–Crippen LogP) is 1.85. The molecule has 0 bridgehead atoms. The maximum Gasteiger partial charge on any atom is 0.211 e. The SMILES string of the molecule is CCN1CCCC1c1nc(C(C)N)co1. The number of likely N-dealkylation sites (tertiary alicyclic amines) is 1. The average Bonchev–Trinajstić information content (AvgIpc) is 2.85. The normalized spacial score (nSPS) is 24.6. The number of rotatable bonds is 3. The number of oxazole rings is 1. The first-order valence-electron chi connectivity index (χ1n) is 5.67. The first-order chi connectivity index (χ1) is 7.22. The van der Waals surface area contributed by atoms with E-state index in [4.69, 9.17) is 10.2 Å². The Kier molecular flexibility index (Phi) is 3.07. The van der Waals surface area contributed by atoms with Crippen LogP contribution < -0.4 is 5.73 Å². The molecule has 0 spiro atoms. The quantitative estimate of drug-likeness (QED) is 0.825. The fourth-order valence-corrected chi connectivity index (χ4v) is 2.15. The van der Waals surface area contributed by atoms with Crippen LogP contribution in [-0.2, 0) is 0 Å². The van der Waals surface area contributed by atoms with Gasteiger partial charge in [0.1, 0.15) is 6.26 Å². The van der Waals surface area contributed by atoms with Gasteiger partial charge in [0, 0.05) is 6.04 Å². The molecule has 1 aliphatic rings. The number of nitrogens with two attached hydrogens (primary N) is 1. The highest BCUT2D eigenvalue weighted by Gasteiger charge is 2.28. The Morgan fingerprint density at radius 3 is 3.13 bits per heavy atom. The molecule has 2 rings (SSSR count). The molecule has 2 unspecified atom stereocenters. The Bertz CT molecular complexity index is 321. The van der Waals surface area contributed by atoms with E-state index in [1.807, 2.05) is 6.92 Å². The second kappa shape index (κ2) is 4.33. The molecule has 1 aliphatic heterocycles. The van der Waals surface area contributed by atoms with Crippen LogP contribution in [0.4, 0.5) is 0 Å².